The van der Waals surface area contributed by atoms with Crippen LogP contribution in [-0.4, -0.2) is 6.10 Å². The van der Waals surface area contributed by atoms with Crippen molar-refractivity contribution in [2.24, 2.45) is 0 Å². The Labute approximate surface area is 92.7 Å². The fourth-order valence-corrected chi connectivity index (χ4v) is 1.63. The SMILES string of the molecule is CC(C)Oc1c(F)cc(F)c2ccccc12. The number of hydrogen-bond donors (Lipinski definition) is 0. The van der Waals surface area contributed by atoms with Crippen LogP contribution in [0.3, 0.4) is 0 Å². The number of fused-ring (bicyclic) bond motifs is 1. The lowest BCUT2D eigenvalue weighted by molar-refractivity contribution is 0.234. The van der Waals surface area contributed by atoms with Crippen LogP contribution in [0.15, 0.2) is 30.3 Å². The van der Waals surface area contributed by atoms with E-state index >= 15 is 0 Å². The predicted molar refractivity (Wildman–Crippen MR) is 59.6 cm³/mol. The van der Waals surface area contributed by atoms with E-state index in [9.17, 15) is 8.78 Å². The lowest BCUT2D eigenvalue weighted by Gasteiger charge is -2.13. The van der Waals surface area contributed by atoms with Gasteiger partial charge in [-0.15, -0.1) is 0 Å². The van der Waals surface area contributed by atoms with Crippen LogP contribution in [0, 0.1) is 11.6 Å². The molecule has 2 rings (SSSR count). The number of hydrogen-bond acceptors (Lipinski definition) is 1. The van der Waals surface area contributed by atoms with E-state index in [4.69, 9.17) is 4.74 Å². The third kappa shape index (κ3) is 1.85. The number of rotatable bonds is 2. The highest BCUT2D eigenvalue weighted by Crippen LogP contribution is 2.31. The number of benzene rings is 2. The van der Waals surface area contributed by atoms with Crippen molar-refractivity contribution in [1.29, 1.82) is 0 Å². The molecule has 0 amide bonds. The van der Waals surface area contributed by atoms with Crippen LogP contribution >= 0.6 is 0 Å². The van der Waals surface area contributed by atoms with E-state index in [-0.39, 0.29) is 11.9 Å². The highest BCUT2D eigenvalue weighted by Gasteiger charge is 2.13. The summed E-state index contributed by atoms with van der Waals surface area (Å²) in [5.74, 6) is -1.11. The average Bonchev–Trinajstić information content (AvgIpc) is 2.24. The molecular weight excluding hydrogens is 210 g/mol. The van der Waals surface area contributed by atoms with Crippen molar-refractivity contribution in [2.75, 3.05) is 0 Å². The molecular formula is C13H12F2O. The Morgan fingerprint density at radius 2 is 1.62 bits per heavy atom. The number of ether oxygens (including phenoxy) is 1. The van der Waals surface area contributed by atoms with E-state index in [2.05, 4.69) is 0 Å². The maximum Gasteiger partial charge on any atom is 0.168 e. The van der Waals surface area contributed by atoms with Gasteiger partial charge in [-0.3, -0.25) is 0 Å². The predicted octanol–water partition coefficient (Wildman–Crippen LogP) is 3.91. The first kappa shape index (κ1) is 10.9. The third-order valence-electron chi connectivity index (χ3n) is 2.25. The molecule has 0 aliphatic rings. The van der Waals surface area contributed by atoms with Gasteiger partial charge in [-0.1, -0.05) is 24.3 Å². The minimum atomic E-state index is -0.662. The lowest BCUT2D eigenvalue weighted by Crippen LogP contribution is -2.07. The van der Waals surface area contributed by atoms with Crippen molar-refractivity contribution in [3.05, 3.63) is 42.0 Å². The highest BCUT2D eigenvalue weighted by atomic mass is 19.1. The standard InChI is InChI=1S/C13H12F2O/c1-8(2)16-13-10-6-4-3-5-9(10)11(14)7-12(13)15/h3-8H,1-2H3. The van der Waals surface area contributed by atoms with E-state index in [1.54, 1.807) is 38.1 Å². The van der Waals surface area contributed by atoms with E-state index < -0.39 is 11.6 Å². The summed E-state index contributed by atoms with van der Waals surface area (Å²) in [7, 11) is 0. The van der Waals surface area contributed by atoms with Gasteiger partial charge in [0.05, 0.1) is 6.10 Å². The van der Waals surface area contributed by atoms with Crippen LogP contribution in [0.2, 0.25) is 0 Å². The van der Waals surface area contributed by atoms with Crippen LogP contribution in [0.25, 0.3) is 10.8 Å². The highest BCUT2D eigenvalue weighted by molar-refractivity contribution is 5.89. The zero-order valence-corrected chi connectivity index (χ0v) is 9.13. The molecule has 0 spiro atoms. The molecule has 0 bridgehead atoms. The Morgan fingerprint density at radius 1 is 1.00 bits per heavy atom. The molecule has 2 aromatic carbocycles. The smallest absolute Gasteiger partial charge is 0.168 e. The number of halogens is 2. The zero-order valence-electron chi connectivity index (χ0n) is 9.13. The Bertz CT molecular complexity index is 521. The lowest BCUT2D eigenvalue weighted by atomic mass is 10.1. The van der Waals surface area contributed by atoms with Gasteiger partial charge in [0.15, 0.2) is 11.6 Å². The van der Waals surface area contributed by atoms with Crippen molar-refractivity contribution in [3.63, 3.8) is 0 Å². The monoisotopic (exact) mass is 222 g/mol. The largest absolute Gasteiger partial charge is 0.487 e. The summed E-state index contributed by atoms with van der Waals surface area (Å²) >= 11 is 0. The Balaban J connectivity index is 2.71. The van der Waals surface area contributed by atoms with E-state index in [1.165, 1.54) is 0 Å². The second kappa shape index (κ2) is 4.08. The van der Waals surface area contributed by atoms with Crippen LogP contribution in [0.1, 0.15) is 13.8 Å². The van der Waals surface area contributed by atoms with Crippen molar-refractivity contribution in [1.82, 2.24) is 0 Å². The summed E-state index contributed by atoms with van der Waals surface area (Å²) < 4.78 is 32.4. The topological polar surface area (TPSA) is 9.23 Å². The maximum atomic E-state index is 13.6. The molecule has 0 saturated carbocycles. The molecule has 84 valence electrons. The maximum absolute atomic E-state index is 13.6. The third-order valence-corrected chi connectivity index (χ3v) is 2.25. The first-order valence-electron chi connectivity index (χ1n) is 5.13. The van der Waals surface area contributed by atoms with Gasteiger partial charge < -0.3 is 4.74 Å². The first-order chi connectivity index (χ1) is 7.59. The van der Waals surface area contributed by atoms with Crippen molar-refractivity contribution >= 4 is 10.8 Å². The minimum Gasteiger partial charge on any atom is -0.487 e. The molecule has 0 saturated heterocycles. The molecule has 1 nitrogen and oxygen atoms in total. The Kier molecular flexibility index (Phi) is 2.77. The second-order valence-corrected chi connectivity index (χ2v) is 3.88. The minimum absolute atomic E-state index is 0.118. The van der Waals surface area contributed by atoms with Gasteiger partial charge in [0.25, 0.3) is 0 Å². The van der Waals surface area contributed by atoms with Crippen LogP contribution in [0.5, 0.6) is 5.75 Å². The molecule has 0 radical (unpaired) electrons. The van der Waals surface area contributed by atoms with E-state index in [1.807, 2.05) is 0 Å². The summed E-state index contributed by atoms with van der Waals surface area (Å²) in [6.45, 7) is 3.61. The summed E-state index contributed by atoms with van der Waals surface area (Å²) in [6, 6.07) is 7.56. The molecule has 0 atom stereocenters. The van der Waals surface area contributed by atoms with Gasteiger partial charge >= 0.3 is 0 Å². The molecule has 0 aliphatic carbocycles. The van der Waals surface area contributed by atoms with Crippen molar-refractivity contribution in [2.45, 2.75) is 20.0 Å². The molecule has 3 heteroatoms. The molecule has 0 aliphatic heterocycles. The van der Waals surface area contributed by atoms with Gasteiger partial charge in [0.1, 0.15) is 5.82 Å². The molecule has 0 unspecified atom stereocenters. The molecule has 0 aromatic heterocycles. The summed E-state index contributed by atoms with van der Waals surface area (Å²) in [5, 5.41) is 0.841. The van der Waals surface area contributed by atoms with E-state index in [0.29, 0.717) is 10.8 Å². The molecule has 16 heavy (non-hydrogen) atoms. The van der Waals surface area contributed by atoms with Gasteiger partial charge in [0.2, 0.25) is 0 Å². The second-order valence-electron chi connectivity index (χ2n) is 3.88. The molecule has 0 heterocycles. The van der Waals surface area contributed by atoms with Gasteiger partial charge in [0, 0.05) is 16.8 Å². The van der Waals surface area contributed by atoms with Crippen molar-refractivity contribution < 1.29 is 13.5 Å². The zero-order chi connectivity index (χ0) is 11.7. The fourth-order valence-electron chi connectivity index (χ4n) is 1.63. The van der Waals surface area contributed by atoms with Gasteiger partial charge in [-0.05, 0) is 13.8 Å². The van der Waals surface area contributed by atoms with Crippen LogP contribution in [0.4, 0.5) is 8.78 Å². The van der Waals surface area contributed by atoms with Crippen LogP contribution in [-0.2, 0) is 0 Å². The fraction of sp³-hybridized carbons (Fsp3) is 0.231. The normalized spacial score (nSPS) is 11.1. The summed E-state index contributed by atoms with van der Waals surface area (Å²) in [5.41, 5.74) is 0. The van der Waals surface area contributed by atoms with E-state index in [0.717, 1.165) is 6.07 Å². The quantitative estimate of drug-likeness (QED) is 0.748. The Hall–Kier alpha value is -1.64. The van der Waals surface area contributed by atoms with Crippen molar-refractivity contribution in [3.8, 4) is 5.75 Å². The molecule has 0 N–H and O–H groups in total. The summed E-state index contributed by atoms with van der Waals surface area (Å²) in [4.78, 5) is 0. The van der Waals surface area contributed by atoms with Crippen LogP contribution < -0.4 is 4.74 Å². The van der Waals surface area contributed by atoms with Gasteiger partial charge in [-0.2, -0.15) is 0 Å². The first-order valence-corrected chi connectivity index (χ1v) is 5.13. The Morgan fingerprint density at radius 3 is 2.25 bits per heavy atom. The summed E-state index contributed by atoms with van der Waals surface area (Å²) in [6.07, 6.45) is -0.150. The molecule has 0 fully saturated rings. The molecule has 2 aromatic rings. The average molecular weight is 222 g/mol. The van der Waals surface area contributed by atoms with Gasteiger partial charge in [-0.25, -0.2) is 8.78 Å².